The van der Waals surface area contributed by atoms with Crippen molar-refractivity contribution >= 4 is 0 Å². The molecule has 0 aliphatic carbocycles. The molecular formula is C15H31N3. The fourth-order valence-electron chi connectivity index (χ4n) is 3.28. The molecule has 3 heteroatoms. The van der Waals surface area contributed by atoms with Gasteiger partial charge in [0, 0.05) is 12.6 Å². The highest BCUT2D eigenvalue weighted by Crippen LogP contribution is 2.14. The number of hydrogen-bond donors (Lipinski definition) is 1. The van der Waals surface area contributed by atoms with Crippen LogP contribution >= 0.6 is 0 Å². The molecule has 2 rings (SSSR count). The van der Waals surface area contributed by atoms with E-state index < -0.39 is 0 Å². The third-order valence-corrected chi connectivity index (χ3v) is 4.58. The molecule has 1 N–H and O–H groups in total. The highest BCUT2D eigenvalue weighted by Gasteiger charge is 2.17. The largest absolute Gasteiger partial charge is 0.315 e. The van der Waals surface area contributed by atoms with Crippen LogP contribution in [0.3, 0.4) is 0 Å². The summed E-state index contributed by atoms with van der Waals surface area (Å²) in [6, 6.07) is 0.786. The first kappa shape index (κ1) is 14.3. The standard InChI is InChI=1S/C15H31N3/c1-17-10-6-3-8-15(17)14-16-9-7-13-18-11-4-2-5-12-18/h15-16H,2-14H2,1H3. The van der Waals surface area contributed by atoms with Gasteiger partial charge in [-0.2, -0.15) is 0 Å². The predicted octanol–water partition coefficient (Wildman–Crippen LogP) is 1.94. The van der Waals surface area contributed by atoms with Crippen molar-refractivity contribution in [3.8, 4) is 0 Å². The molecule has 0 radical (unpaired) electrons. The zero-order valence-electron chi connectivity index (χ0n) is 12.2. The number of rotatable bonds is 6. The Morgan fingerprint density at radius 1 is 1.00 bits per heavy atom. The molecule has 0 amide bonds. The smallest absolute Gasteiger partial charge is 0.0217 e. The quantitative estimate of drug-likeness (QED) is 0.730. The van der Waals surface area contributed by atoms with Gasteiger partial charge in [0.25, 0.3) is 0 Å². The molecule has 0 spiro atoms. The Bertz CT molecular complexity index is 214. The minimum atomic E-state index is 0.786. The van der Waals surface area contributed by atoms with Crippen molar-refractivity contribution in [2.45, 2.75) is 51.0 Å². The zero-order chi connectivity index (χ0) is 12.6. The molecule has 0 bridgehead atoms. The van der Waals surface area contributed by atoms with Crippen molar-refractivity contribution in [3.63, 3.8) is 0 Å². The van der Waals surface area contributed by atoms with Crippen LogP contribution in [0.15, 0.2) is 0 Å². The Morgan fingerprint density at radius 2 is 1.78 bits per heavy atom. The fourth-order valence-corrected chi connectivity index (χ4v) is 3.28. The van der Waals surface area contributed by atoms with Gasteiger partial charge in [0.1, 0.15) is 0 Å². The van der Waals surface area contributed by atoms with E-state index in [0.29, 0.717) is 0 Å². The van der Waals surface area contributed by atoms with E-state index in [9.17, 15) is 0 Å². The Labute approximate surface area is 113 Å². The minimum absolute atomic E-state index is 0.786. The summed E-state index contributed by atoms with van der Waals surface area (Å²) in [5.41, 5.74) is 0. The van der Waals surface area contributed by atoms with Gasteiger partial charge in [0.2, 0.25) is 0 Å². The predicted molar refractivity (Wildman–Crippen MR) is 78.0 cm³/mol. The molecule has 106 valence electrons. The van der Waals surface area contributed by atoms with Crippen molar-refractivity contribution in [2.24, 2.45) is 0 Å². The second-order valence-electron chi connectivity index (χ2n) is 6.09. The maximum Gasteiger partial charge on any atom is 0.0217 e. The van der Waals surface area contributed by atoms with E-state index in [-0.39, 0.29) is 0 Å². The van der Waals surface area contributed by atoms with Crippen molar-refractivity contribution in [2.75, 3.05) is 46.3 Å². The molecular weight excluding hydrogens is 222 g/mol. The number of nitrogens with zero attached hydrogens (tertiary/aromatic N) is 2. The Balaban J connectivity index is 1.47. The van der Waals surface area contributed by atoms with E-state index in [1.807, 2.05) is 0 Å². The van der Waals surface area contributed by atoms with E-state index >= 15 is 0 Å². The lowest BCUT2D eigenvalue weighted by molar-refractivity contribution is 0.180. The molecule has 3 nitrogen and oxygen atoms in total. The highest BCUT2D eigenvalue weighted by molar-refractivity contribution is 4.76. The first-order chi connectivity index (χ1) is 8.86. The Hall–Kier alpha value is -0.120. The van der Waals surface area contributed by atoms with Gasteiger partial charge in [-0.3, -0.25) is 0 Å². The van der Waals surface area contributed by atoms with Crippen LogP contribution < -0.4 is 5.32 Å². The minimum Gasteiger partial charge on any atom is -0.315 e. The first-order valence-electron chi connectivity index (χ1n) is 7.99. The van der Waals surface area contributed by atoms with Crippen molar-refractivity contribution in [1.29, 1.82) is 0 Å². The van der Waals surface area contributed by atoms with Crippen LogP contribution in [0.25, 0.3) is 0 Å². The van der Waals surface area contributed by atoms with Crippen LogP contribution in [0.4, 0.5) is 0 Å². The van der Waals surface area contributed by atoms with Gasteiger partial charge in [-0.05, 0) is 71.9 Å². The topological polar surface area (TPSA) is 18.5 Å². The van der Waals surface area contributed by atoms with E-state index in [2.05, 4.69) is 22.2 Å². The van der Waals surface area contributed by atoms with Crippen molar-refractivity contribution < 1.29 is 0 Å². The maximum atomic E-state index is 3.66. The van der Waals surface area contributed by atoms with Gasteiger partial charge >= 0.3 is 0 Å². The Morgan fingerprint density at radius 3 is 2.56 bits per heavy atom. The van der Waals surface area contributed by atoms with Crippen LogP contribution in [-0.4, -0.2) is 62.2 Å². The molecule has 1 atom stereocenters. The van der Waals surface area contributed by atoms with E-state index in [4.69, 9.17) is 0 Å². The monoisotopic (exact) mass is 253 g/mol. The Kier molecular flexibility index (Phi) is 6.46. The SMILES string of the molecule is CN1CCCCC1CNCCCN1CCCCC1. The number of likely N-dealkylation sites (N-methyl/N-ethyl adjacent to an activating group) is 1. The molecule has 2 saturated heterocycles. The summed E-state index contributed by atoms with van der Waals surface area (Å²) in [5, 5.41) is 3.66. The number of likely N-dealkylation sites (tertiary alicyclic amines) is 2. The molecule has 0 aromatic heterocycles. The van der Waals surface area contributed by atoms with Crippen molar-refractivity contribution in [1.82, 2.24) is 15.1 Å². The van der Waals surface area contributed by atoms with Gasteiger partial charge < -0.3 is 15.1 Å². The van der Waals surface area contributed by atoms with E-state index in [1.54, 1.807) is 0 Å². The molecule has 2 aliphatic heterocycles. The summed E-state index contributed by atoms with van der Waals surface area (Å²) < 4.78 is 0. The second-order valence-corrected chi connectivity index (χ2v) is 6.09. The summed E-state index contributed by atoms with van der Waals surface area (Å²) in [7, 11) is 2.28. The molecule has 18 heavy (non-hydrogen) atoms. The zero-order valence-corrected chi connectivity index (χ0v) is 12.2. The lowest BCUT2D eigenvalue weighted by Gasteiger charge is -2.32. The lowest BCUT2D eigenvalue weighted by atomic mass is 10.0. The highest BCUT2D eigenvalue weighted by atomic mass is 15.2. The van der Waals surface area contributed by atoms with Gasteiger partial charge in [0.15, 0.2) is 0 Å². The molecule has 2 heterocycles. The third-order valence-electron chi connectivity index (χ3n) is 4.58. The summed E-state index contributed by atoms with van der Waals surface area (Å²) in [6.45, 7) is 7.65. The number of nitrogens with one attached hydrogen (secondary N) is 1. The van der Waals surface area contributed by atoms with Gasteiger partial charge in [0.05, 0.1) is 0 Å². The second kappa shape index (κ2) is 8.13. The third kappa shape index (κ3) is 4.87. The molecule has 2 fully saturated rings. The van der Waals surface area contributed by atoms with Gasteiger partial charge in [-0.15, -0.1) is 0 Å². The number of hydrogen-bond acceptors (Lipinski definition) is 3. The first-order valence-corrected chi connectivity index (χ1v) is 7.99. The van der Waals surface area contributed by atoms with Crippen molar-refractivity contribution in [3.05, 3.63) is 0 Å². The van der Waals surface area contributed by atoms with Crippen LogP contribution in [0.5, 0.6) is 0 Å². The van der Waals surface area contributed by atoms with E-state index in [0.717, 1.165) is 6.04 Å². The maximum absolute atomic E-state index is 3.66. The fraction of sp³-hybridized carbons (Fsp3) is 1.00. The summed E-state index contributed by atoms with van der Waals surface area (Å²) in [4.78, 5) is 5.17. The van der Waals surface area contributed by atoms with Crippen LogP contribution in [0, 0.1) is 0 Å². The normalized spacial score (nSPS) is 27.5. The molecule has 1 unspecified atom stereocenters. The lowest BCUT2D eigenvalue weighted by Crippen LogP contribution is -2.43. The van der Waals surface area contributed by atoms with Crippen LogP contribution in [-0.2, 0) is 0 Å². The van der Waals surface area contributed by atoms with Crippen LogP contribution in [0.2, 0.25) is 0 Å². The van der Waals surface area contributed by atoms with E-state index in [1.165, 1.54) is 84.2 Å². The number of piperidine rings is 2. The molecule has 0 aromatic carbocycles. The van der Waals surface area contributed by atoms with Crippen LogP contribution in [0.1, 0.15) is 44.9 Å². The molecule has 0 aromatic rings. The summed E-state index contributed by atoms with van der Waals surface area (Å²) in [6.07, 6.45) is 9.79. The van der Waals surface area contributed by atoms with Gasteiger partial charge in [-0.1, -0.05) is 12.8 Å². The van der Waals surface area contributed by atoms with Gasteiger partial charge in [-0.25, -0.2) is 0 Å². The summed E-state index contributed by atoms with van der Waals surface area (Å²) >= 11 is 0. The molecule has 2 aliphatic rings. The molecule has 0 saturated carbocycles. The average Bonchev–Trinajstić information content (AvgIpc) is 2.42. The average molecular weight is 253 g/mol. The summed E-state index contributed by atoms with van der Waals surface area (Å²) in [5.74, 6) is 0.